The summed E-state index contributed by atoms with van der Waals surface area (Å²) in [5.41, 5.74) is 33.9. The Morgan fingerprint density at radius 2 is 0.628 bits per heavy atom. The van der Waals surface area contributed by atoms with E-state index >= 15 is 0 Å². The summed E-state index contributed by atoms with van der Waals surface area (Å²) in [5.74, 6) is 0. The lowest BCUT2D eigenvalue weighted by atomic mass is 9.69. The fourth-order valence-electron chi connectivity index (χ4n) is 14.7. The molecule has 78 heavy (non-hydrogen) atoms. The Labute approximate surface area is 457 Å². The van der Waals surface area contributed by atoms with Crippen LogP contribution in [0.4, 0.5) is 34.1 Å². The summed E-state index contributed by atoms with van der Waals surface area (Å²) >= 11 is 0. The summed E-state index contributed by atoms with van der Waals surface area (Å²) in [6, 6.07) is 93.9. The molecule has 2 heteroatoms. The summed E-state index contributed by atoms with van der Waals surface area (Å²) in [5, 5.41) is 0. The minimum atomic E-state index is -0.440. The van der Waals surface area contributed by atoms with E-state index in [2.05, 4.69) is 291 Å². The summed E-state index contributed by atoms with van der Waals surface area (Å²) < 4.78 is 0. The van der Waals surface area contributed by atoms with Gasteiger partial charge in [0.2, 0.25) is 0 Å². The van der Waals surface area contributed by atoms with Crippen molar-refractivity contribution in [2.24, 2.45) is 0 Å². The first-order chi connectivity index (χ1) is 38.4. The summed E-state index contributed by atoms with van der Waals surface area (Å²) in [4.78, 5) is 4.86. The Morgan fingerprint density at radius 1 is 0.282 bits per heavy atom. The number of allylic oxidation sites excluding steroid dienone is 4. The monoisotopic (exact) mass is 994 g/mol. The van der Waals surface area contributed by atoms with Crippen molar-refractivity contribution in [3.05, 3.63) is 328 Å². The maximum Gasteiger partial charge on any atom is 0.0726 e. The van der Waals surface area contributed by atoms with Gasteiger partial charge in [-0.1, -0.05) is 205 Å². The van der Waals surface area contributed by atoms with Crippen LogP contribution in [-0.2, 0) is 10.8 Å². The topological polar surface area (TPSA) is 6.48 Å². The minimum Gasteiger partial charge on any atom is -0.310 e. The van der Waals surface area contributed by atoms with Crippen LogP contribution in [0, 0.1) is 20.8 Å². The highest BCUT2D eigenvalue weighted by Gasteiger charge is 2.54. The third-order valence-corrected chi connectivity index (χ3v) is 17.9. The third-order valence-electron chi connectivity index (χ3n) is 17.9. The fraction of sp³-hybridized carbons (Fsp3) is 0.0789. The van der Waals surface area contributed by atoms with Crippen molar-refractivity contribution >= 4 is 39.7 Å². The van der Waals surface area contributed by atoms with Gasteiger partial charge in [-0.25, -0.2) is 0 Å². The molecule has 368 valence electrons. The lowest BCUT2D eigenvalue weighted by Gasteiger charge is -2.33. The molecule has 0 amide bonds. The van der Waals surface area contributed by atoms with Crippen LogP contribution in [0.25, 0.3) is 50.1 Å². The Hall–Kier alpha value is -9.50. The summed E-state index contributed by atoms with van der Waals surface area (Å²) in [6.45, 7) is 6.69. The molecule has 0 radical (unpaired) electrons. The van der Waals surface area contributed by atoms with Gasteiger partial charge in [0.05, 0.1) is 10.8 Å². The van der Waals surface area contributed by atoms with Crippen LogP contribution >= 0.6 is 0 Å². The average Bonchev–Trinajstić information content (AvgIpc) is 3.43. The van der Waals surface area contributed by atoms with Crippen molar-refractivity contribution in [3.63, 3.8) is 0 Å². The predicted octanol–water partition coefficient (Wildman–Crippen LogP) is 19.6. The van der Waals surface area contributed by atoms with Gasteiger partial charge in [-0.2, -0.15) is 0 Å². The number of para-hydroxylation sites is 2. The van der Waals surface area contributed by atoms with Gasteiger partial charge < -0.3 is 9.80 Å². The molecule has 5 aliphatic rings. The molecule has 0 fully saturated rings. The molecule has 0 aromatic heterocycles. The van der Waals surface area contributed by atoms with Gasteiger partial charge in [0.15, 0.2) is 0 Å². The number of rotatable bonds is 7. The van der Waals surface area contributed by atoms with E-state index in [0.717, 1.165) is 40.5 Å². The Kier molecular flexibility index (Phi) is 9.61. The molecule has 1 atom stereocenters. The van der Waals surface area contributed by atoms with Crippen LogP contribution in [0.2, 0.25) is 0 Å². The number of anilines is 6. The van der Waals surface area contributed by atoms with Crippen molar-refractivity contribution in [2.45, 2.75) is 38.0 Å². The number of hydrogen-bond acceptors (Lipinski definition) is 2. The Balaban J connectivity index is 0.781. The van der Waals surface area contributed by atoms with Gasteiger partial charge in [-0.05, 0) is 200 Å². The first-order valence-electron chi connectivity index (χ1n) is 27.5. The molecule has 16 rings (SSSR count). The van der Waals surface area contributed by atoms with Crippen LogP contribution < -0.4 is 9.80 Å². The predicted molar refractivity (Wildman–Crippen MR) is 324 cm³/mol. The summed E-state index contributed by atoms with van der Waals surface area (Å²) in [6.07, 6.45) is 5.68. The smallest absolute Gasteiger partial charge is 0.0726 e. The van der Waals surface area contributed by atoms with Crippen LogP contribution in [0.1, 0.15) is 67.6 Å². The average molecular weight is 995 g/mol. The molecule has 11 aromatic rings. The van der Waals surface area contributed by atoms with E-state index in [1.807, 2.05) is 0 Å². The number of nitrogens with zero attached hydrogens (tertiary/aromatic N) is 2. The van der Waals surface area contributed by atoms with E-state index in [-0.39, 0.29) is 5.41 Å². The number of fused-ring (bicyclic) bond motifs is 19. The molecule has 2 spiro atoms. The quantitative estimate of drug-likeness (QED) is 0.157. The van der Waals surface area contributed by atoms with Gasteiger partial charge in [-0.3, -0.25) is 0 Å². The second-order valence-corrected chi connectivity index (χ2v) is 22.1. The first-order valence-corrected chi connectivity index (χ1v) is 27.5. The highest BCUT2D eigenvalue weighted by atomic mass is 15.1. The molecule has 0 aliphatic heterocycles. The van der Waals surface area contributed by atoms with Gasteiger partial charge in [0.1, 0.15) is 0 Å². The zero-order chi connectivity index (χ0) is 51.9. The standard InChI is InChI=1S/C76H54N2/c1-48-25-38-62-61-21-14-24-69(61)75(70(62)43-48)67-22-12-10-19-59(67)65-41-36-57(46-73(65)75)77(53-15-6-4-7-16-53)55-32-28-51(29-33-55)52-30-34-56(35-31-52)78(54-17-8-5-9-18-54)58-37-42-66-60-20-11-13-23-68(60)76(74(66)47-58)71-44-49(2)26-39-63(71)64-40-27-50(3)45-72(64)76/h4-23,25-47H,24H2,1-3H3. The number of aryl methyl sites for hydroxylation is 3. The van der Waals surface area contributed by atoms with Crippen molar-refractivity contribution in [1.82, 2.24) is 0 Å². The van der Waals surface area contributed by atoms with E-state index in [0.29, 0.717) is 0 Å². The SMILES string of the molecule is Cc1ccc2c(c1)C1(C3=C2C=CC3)c2ccccc2-c2ccc(N(c3ccccc3)c3ccc(-c4ccc(N(c5ccccc5)c5ccc6c(c5)C5(c7ccccc7-6)c6cc(C)ccc6-c6ccc(C)cc65)cc4)cc3)cc21. The Bertz CT molecular complexity index is 4320. The van der Waals surface area contributed by atoms with E-state index in [4.69, 9.17) is 0 Å². The lowest BCUT2D eigenvalue weighted by molar-refractivity contribution is 0.748. The molecular weight excluding hydrogens is 941 g/mol. The molecule has 0 heterocycles. The van der Waals surface area contributed by atoms with Crippen molar-refractivity contribution in [2.75, 3.05) is 9.80 Å². The summed E-state index contributed by atoms with van der Waals surface area (Å²) in [7, 11) is 0. The van der Waals surface area contributed by atoms with Gasteiger partial charge >= 0.3 is 0 Å². The van der Waals surface area contributed by atoms with Gasteiger partial charge in [-0.15, -0.1) is 0 Å². The Morgan fingerprint density at radius 3 is 1.12 bits per heavy atom. The zero-order valence-corrected chi connectivity index (χ0v) is 43.9. The molecule has 0 bridgehead atoms. The van der Waals surface area contributed by atoms with E-state index < -0.39 is 5.41 Å². The molecule has 0 saturated carbocycles. The molecule has 0 N–H and O–H groups in total. The van der Waals surface area contributed by atoms with Gasteiger partial charge in [0, 0.05) is 34.1 Å². The zero-order valence-electron chi connectivity index (χ0n) is 43.9. The van der Waals surface area contributed by atoms with Crippen LogP contribution in [-0.4, -0.2) is 0 Å². The highest BCUT2D eigenvalue weighted by molar-refractivity contribution is 6.00. The van der Waals surface area contributed by atoms with Crippen LogP contribution in [0.15, 0.2) is 266 Å². The van der Waals surface area contributed by atoms with Crippen LogP contribution in [0.5, 0.6) is 0 Å². The molecule has 0 saturated heterocycles. The van der Waals surface area contributed by atoms with Crippen LogP contribution in [0.3, 0.4) is 0 Å². The van der Waals surface area contributed by atoms with E-state index in [1.165, 1.54) is 117 Å². The molecular formula is C76H54N2. The molecule has 11 aromatic carbocycles. The highest BCUT2D eigenvalue weighted by Crippen LogP contribution is 2.66. The first kappa shape index (κ1) is 44.8. The largest absolute Gasteiger partial charge is 0.310 e. The normalized spacial score (nSPS) is 15.9. The van der Waals surface area contributed by atoms with Crippen molar-refractivity contribution in [1.29, 1.82) is 0 Å². The van der Waals surface area contributed by atoms with Gasteiger partial charge in [0.25, 0.3) is 0 Å². The minimum absolute atomic E-state index is 0.349. The second-order valence-electron chi connectivity index (χ2n) is 22.1. The van der Waals surface area contributed by atoms with E-state index in [9.17, 15) is 0 Å². The van der Waals surface area contributed by atoms with E-state index in [1.54, 1.807) is 0 Å². The second kappa shape index (κ2) is 16.7. The number of hydrogen-bond donors (Lipinski definition) is 0. The lowest BCUT2D eigenvalue weighted by Crippen LogP contribution is -2.27. The molecule has 1 unspecified atom stereocenters. The third kappa shape index (κ3) is 6.14. The molecule has 2 nitrogen and oxygen atoms in total. The fourth-order valence-corrected chi connectivity index (χ4v) is 14.7. The van der Waals surface area contributed by atoms with Crippen molar-refractivity contribution < 1.29 is 0 Å². The maximum absolute atomic E-state index is 2.50. The maximum atomic E-state index is 2.50. The molecule has 5 aliphatic carbocycles. The number of benzene rings is 11. The van der Waals surface area contributed by atoms with Crippen molar-refractivity contribution in [3.8, 4) is 44.5 Å².